The van der Waals surface area contributed by atoms with Gasteiger partial charge in [-0.2, -0.15) is 0 Å². The van der Waals surface area contributed by atoms with E-state index in [2.05, 4.69) is 6.92 Å². The molecule has 0 saturated heterocycles. The fourth-order valence-corrected chi connectivity index (χ4v) is 2.02. The molecule has 1 rings (SSSR count). The first kappa shape index (κ1) is 17.9. The molecule has 122 valence electrons. The Balaban J connectivity index is 2.67. The molecule has 0 spiro atoms. The zero-order valence-corrected chi connectivity index (χ0v) is 12.5. The van der Waals surface area contributed by atoms with Crippen LogP contribution in [-0.2, 0) is 0 Å². The Bertz CT molecular complexity index is 517. The number of carboxylic acids is 1. The van der Waals surface area contributed by atoms with Crippen molar-refractivity contribution in [3.63, 3.8) is 0 Å². The molecule has 1 unspecified atom stereocenters. The standard InChI is InChI=1S/C15H21NO6/c1-2-3-4-5-6-7-14(17)22-13-10-11(15(18)19)8-9-12(13)16(20)21/h8-10,14,17H,2-7H2,1H3,(H,18,19). The van der Waals surface area contributed by atoms with Gasteiger partial charge < -0.3 is 14.9 Å². The molecule has 0 bridgehead atoms. The number of carboxylic acid groups (broad SMARTS) is 1. The van der Waals surface area contributed by atoms with Crippen molar-refractivity contribution < 1.29 is 24.7 Å². The number of nitrogens with zero attached hydrogens (tertiary/aromatic N) is 1. The molecular formula is C15H21NO6. The Morgan fingerprint density at radius 3 is 2.59 bits per heavy atom. The number of hydrogen-bond donors (Lipinski definition) is 2. The van der Waals surface area contributed by atoms with Gasteiger partial charge in [-0.25, -0.2) is 4.79 Å². The Kier molecular flexibility index (Phi) is 7.31. The minimum atomic E-state index is -1.21. The van der Waals surface area contributed by atoms with Crippen molar-refractivity contribution in [3.8, 4) is 5.75 Å². The highest BCUT2D eigenvalue weighted by molar-refractivity contribution is 5.88. The molecule has 0 saturated carbocycles. The number of nitro benzene ring substituents is 1. The molecule has 1 atom stereocenters. The van der Waals surface area contributed by atoms with Crippen LogP contribution in [0.3, 0.4) is 0 Å². The quantitative estimate of drug-likeness (QED) is 0.297. The molecule has 0 aromatic heterocycles. The lowest BCUT2D eigenvalue weighted by Crippen LogP contribution is -2.16. The van der Waals surface area contributed by atoms with Crippen LogP contribution < -0.4 is 4.74 Å². The molecule has 2 N–H and O–H groups in total. The monoisotopic (exact) mass is 311 g/mol. The Morgan fingerprint density at radius 1 is 1.32 bits per heavy atom. The molecule has 1 aromatic rings. The summed E-state index contributed by atoms with van der Waals surface area (Å²) in [7, 11) is 0. The SMILES string of the molecule is CCCCCCCC(O)Oc1cc(C(=O)O)ccc1[N+](=O)[O-]. The minimum Gasteiger partial charge on any atom is -0.478 e. The van der Waals surface area contributed by atoms with Crippen LogP contribution in [-0.4, -0.2) is 27.4 Å². The van der Waals surface area contributed by atoms with Crippen molar-refractivity contribution in [2.24, 2.45) is 0 Å². The highest BCUT2D eigenvalue weighted by Crippen LogP contribution is 2.29. The third-order valence-corrected chi connectivity index (χ3v) is 3.22. The van der Waals surface area contributed by atoms with Crippen LogP contribution in [0.2, 0.25) is 0 Å². The average Bonchev–Trinajstić information content (AvgIpc) is 2.46. The number of benzene rings is 1. The normalized spacial score (nSPS) is 11.9. The predicted octanol–water partition coefficient (Wildman–Crippen LogP) is 3.35. The number of unbranched alkanes of at least 4 members (excludes halogenated alkanes) is 4. The van der Waals surface area contributed by atoms with Gasteiger partial charge in [-0.15, -0.1) is 0 Å². The van der Waals surface area contributed by atoms with E-state index < -0.39 is 17.2 Å². The fourth-order valence-electron chi connectivity index (χ4n) is 2.02. The lowest BCUT2D eigenvalue weighted by Gasteiger charge is -2.13. The zero-order valence-electron chi connectivity index (χ0n) is 12.5. The minimum absolute atomic E-state index is 0.129. The molecule has 0 aliphatic carbocycles. The summed E-state index contributed by atoms with van der Waals surface area (Å²) in [6, 6.07) is 3.25. The summed E-state index contributed by atoms with van der Waals surface area (Å²) in [5.74, 6) is -1.44. The van der Waals surface area contributed by atoms with Crippen LogP contribution in [0.5, 0.6) is 5.75 Å². The molecule has 0 amide bonds. The zero-order chi connectivity index (χ0) is 16.5. The number of aliphatic hydroxyl groups is 1. The van der Waals surface area contributed by atoms with Gasteiger partial charge in [-0.05, 0) is 12.5 Å². The van der Waals surface area contributed by atoms with Gasteiger partial charge in [0.15, 0.2) is 6.29 Å². The van der Waals surface area contributed by atoms with Gasteiger partial charge in [0.1, 0.15) is 0 Å². The number of carbonyl (C=O) groups is 1. The van der Waals surface area contributed by atoms with Crippen molar-refractivity contribution >= 4 is 11.7 Å². The summed E-state index contributed by atoms with van der Waals surface area (Å²) in [5.41, 5.74) is -0.495. The van der Waals surface area contributed by atoms with Gasteiger partial charge in [-0.3, -0.25) is 10.1 Å². The van der Waals surface area contributed by atoms with E-state index in [9.17, 15) is 20.0 Å². The number of rotatable bonds is 10. The molecule has 1 aromatic carbocycles. The van der Waals surface area contributed by atoms with Crippen LogP contribution >= 0.6 is 0 Å². The van der Waals surface area contributed by atoms with E-state index >= 15 is 0 Å². The summed E-state index contributed by atoms with van der Waals surface area (Å²) < 4.78 is 5.15. The number of aliphatic hydroxyl groups excluding tert-OH is 1. The molecule has 7 heteroatoms. The van der Waals surface area contributed by atoms with Crippen LogP contribution in [0.15, 0.2) is 18.2 Å². The predicted molar refractivity (Wildman–Crippen MR) is 80.1 cm³/mol. The smallest absolute Gasteiger partial charge is 0.335 e. The average molecular weight is 311 g/mol. The molecule has 0 radical (unpaired) electrons. The fraction of sp³-hybridized carbons (Fsp3) is 0.533. The van der Waals surface area contributed by atoms with Crippen LogP contribution in [0.25, 0.3) is 0 Å². The highest BCUT2D eigenvalue weighted by Gasteiger charge is 2.20. The third-order valence-electron chi connectivity index (χ3n) is 3.22. The summed E-state index contributed by atoms with van der Waals surface area (Å²) in [6.45, 7) is 2.10. The lowest BCUT2D eigenvalue weighted by molar-refractivity contribution is -0.386. The second-order valence-corrected chi connectivity index (χ2v) is 5.02. The van der Waals surface area contributed by atoms with Gasteiger partial charge in [0, 0.05) is 18.6 Å². The topological polar surface area (TPSA) is 110 Å². The maximum Gasteiger partial charge on any atom is 0.335 e. The summed E-state index contributed by atoms with van der Waals surface area (Å²) in [5, 5.41) is 29.6. The van der Waals surface area contributed by atoms with Gasteiger partial charge in [-0.1, -0.05) is 32.6 Å². The maximum absolute atomic E-state index is 10.9. The van der Waals surface area contributed by atoms with Crippen LogP contribution in [0.4, 0.5) is 5.69 Å². The van der Waals surface area contributed by atoms with Gasteiger partial charge in [0.25, 0.3) is 0 Å². The van der Waals surface area contributed by atoms with Crippen LogP contribution in [0, 0.1) is 10.1 Å². The second kappa shape index (κ2) is 8.99. The van der Waals surface area contributed by atoms with Crippen LogP contribution in [0.1, 0.15) is 55.8 Å². The first-order valence-corrected chi connectivity index (χ1v) is 7.32. The second-order valence-electron chi connectivity index (χ2n) is 5.02. The molecule has 0 fully saturated rings. The lowest BCUT2D eigenvalue weighted by atomic mass is 10.1. The summed E-state index contributed by atoms with van der Waals surface area (Å²) >= 11 is 0. The van der Waals surface area contributed by atoms with Gasteiger partial charge in [0.2, 0.25) is 5.75 Å². The Labute approximate surface area is 128 Å². The van der Waals surface area contributed by atoms with Crippen molar-refractivity contribution in [1.29, 1.82) is 0 Å². The number of nitro groups is 1. The van der Waals surface area contributed by atoms with Gasteiger partial charge >= 0.3 is 11.7 Å². The van der Waals surface area contributed by atoms with Crippen molar-refractivity contribution in [2.75, 3.05) is 0 Å². The van der Waals surface area contributed by atoms with E-state index in [-0.39, 0.29) is 17.0 Å². The largest absolute Gasteiger partial charge is 0.478 e. The van der Waals surface area contributed by atoms with E-state index in [1.54, 1.807) is 0 Å². The van der Waals surface area contributed by atoms with E-state index in [1.165, 1.54) is 0 Å². The molecule has 0 heterocycles. The van der Waals surface area contributed by atoms with Gasteiger partial charge in [0.05, 0.1) is 10.5 Å². The molecular weight excluding hydrogens is 290 g/mol. The first-order chi connectivity index (χ1) is 10.5. The highest BCUT2D eigenvalue weighted by atomic mass is 16.6. The van der Waals surface area contributed by atoms with E-state index in [0.29, 0.717) is 6.42 Å². The molecule has 22 heavy (non-hydrogen) atoms. The van der Waals surface area contributed by atoms with Crippen molar-refractivity contribution in [1.82, 2.24) is 0 Å². The van der Waals surface area contributed by atoms with E-state index in [1.807, 2.05) is 0 Å². The van der Waals surface area contributed by atoms with Crippen molar-refractivity contribution in [2.45, 2.75) is 51.7 Å². The summed E-state index contributed by atoms with van der Waals surface area (Å²) in [6.07, 6.45) is 4.16. The van der Waals surface area contributed by atoms with Crippen molar-refractivity contribution in [3.05, 3.63) is 33.9 Å². The third kappa shape index (κ3) is 5.69. The van der Waals surface area contributed by atoms with E-state index in [0.717, 1.165) is 50.3 Å². The Morgan fingerprint density at radius 2 is 2.00 bits per heavy atom. The summed E-state index contributed by atoms with van der Waals surface area (Å²) in [4.78, 5) is 21.1. The first-order valence-electron chi connectivity index (χ1n) is 7.32. The molecule has 7 nitrogen and oxygen atoms in total. The number of aromatic carboxylic acids is 1. The number of hydrogen-bond acceptors (Lipinski definition) is 5. The molecule has 0 aliphatic heterocycles. The maximum atomic E-state index is 10.9. The number of ether oxygens (including phenoxy) is 1. The molecule has 0 aliphatic rings. The Hall–Kier alpha value is -2.15. The van der Waals surface area contributed by atoms with E-state index in [4.69, 9.17) is 9.84 Å².